The molecule has 2 rings (SSSR count). The summed E-state index contributed by atoms with van der Waals surface area (Å²) in [5.74, 6) is 0.933. The highest BCUT2D eigenvalue weighted by atomic mass is 79.9. The minimum Gasteiger partial charge on any atom is -0.489 e. The van der Waals surface area contributed by atoms with Crippen LogP contribution in [0.3, 0.4) is 0 Å². The lowest BCUT2D eigenvalue weighted by Crippen LogP contribution is -2.12. The Morgan fingerprint density at radius 2 is 1.85 bits per heavy atom. The first kappa shape index (κ1) is 15.1. The van der Waals surface area contributed by atoms with Crippen LogP contribution in [-0.4, -0.2) is 13.6 Å². The smallest absolute Gasteiger partial charge is 0.123 e. The lowest BCUT2D eigenvalue weighted by Gasteiger charge is -2.13. The second-order valence-corrected chi connectivity index (χ2v) is 5.74. The van der Waals surface area contributed by atoms with E-state index in [-0.39, 0.29) is 0 Å². The molecule has 0 aliphatic carbocycles. The maximum absolute atomic E-state index is 5.97. The van der Waals surface area contributed by atoms with Crippen LogP contribution in [0, 0.1) is 6.92 Å². The van der Waals surface area contributed by atoms with Gasteiger partial charge in [-0.1, -0.05) is 46.3 Å². The molecular weight excluding hydrogens is 314 g/mol. The van der Waals surface area contributed by atoms with E-state index in [1.165, 1.54) is 11.1 Å². The van der Waals surface area contributed by atoms with Crippen molar-refractivity contribution in [2.75, 3.05) is 13.6 Å². The Labute approximate surface area is 129 Å². The normalized spacial score (nSPS) is 10.6. The average molecular weight is 334 g/mol. The summed E-state index contributed by atoms with van der Waals surface area (Å²) in [6.45, 7) is 3.65. The van der Waals surface area contributed by atoms with E-state index in [9.17, 15) is 0 Å². The molecule has 20 heavy (non-hydrogen) atoms. The molecule has 0 amide bonds. The Bertz CT molecular complexity index is 569. The Balaban J connectivity index is 2.08. The molecule has 0 atom stereocenters. The molecule has 1 N–H and O–H groups in total. The van der Waals surface area contributed by atoms with E-state index < -0.39 is 0 Å². The SMILES string of the molecule is CNCCc1ccccc1COc1cc(Br)ccc1C. The van der Waals surface area contributed by atoms with E-state index in [0.717, 1.165) is 28.8 Å². The molecule has 0 radical (unpaired) electrons. The van der Waals surface area contributed by atoms with Crippen molar-refractivity contribution in [1.29, 1.82) is 0 Å². The monoisotopic (exact) mass is 333 g/mol. The number of rotatable bonds is 6. The van der Waals surface area contributed by atoms with E-state index in [0.29, 0.717) is 6.61 Å². The molecule has 0 bridgehead atoms. The number of hydrogen-bond donors (Lipinski definition) is 1. The molecule has 2 aromatic carbocycles. The Kier molecular flexibility index (Phi) is 5.62. The molecule has 0 heterocycles. The molecule has 0 fully saturated rings. The van der Waals surface area contributed by atoms with Gasteiger partial charge in [-0.25, -0.2) is 0 Å². The predicted octanol–water partition coefficient (Wildman–Crippen LogP) is 4.10. The van der Waals surface area contributed by atoms with Gasteiger partial charge in [0.15, 0.2) is 0 Å². The lowest BCUT2D eigenvalue weighted by molar-refractivity contribution is 0.302. The van der Waals surface area contributed by atoms with Crippen molar-refractivity contribution in [2.45, 2.75) is 20.0 Å². The molecule has 0 aromatic heterocycles. The summed E-state index contributed by atoms with van der Waals surface area (Å²) >= 11 is 3.48. The number of nitrogens with one attached hydrogen (secondary N) is 1. The number of halogens is 1. The van der Waals surface area contributed by atoms with Crippen molar-refractivity contribution in [3.05, 3.63) is 63.6 Å². The van der Waals surface area contributed by atoms with Gasteiger partial charge in [0.25, 0.3) is 0 Å². The number of aryl methyl sites for hydroxylation is 1. The van der Waals surface area contributed by atoms with Crippen LogP contribution < -0.4 is 10.1 Å². The van der Waals surface area contributed by atoms with Gasteiger partial charge in [0.2, 0.25) is 0 Å². The van der Waals surface area contributed by atoms with Gasteiger partial charge >= 0.3 is 0 Å². The highest BCUT2D eigenvalue weighted by Gasteiger charge is 2.05. The topological polar surface area (TPSA) is 21.3 Å². The van der Waals surface area contributed by atoms with Crippen molar-refractivity contribution < 1.29 is 4.74 Å². The number of benzene rings is 2. The molecule has 106 valence electrons. The molecule has 2 aromatic rings. The Hall–Kier alpha value is -1.32. The molecule has 2 nitrogen and oxygen atoms in total. The van der Waals surface area contributed by atoms with E-state index >= 15 is 0 Å². The first-order valence-electron chi connectivity index (χ1n) is 6.81. The molecule has 0 saturated carbocycles. The van der Waals surface area contributed by atoms with Crippen LogP contribution in [0.4, 0.5) is 0 Å². The van der Waals surface area contributed by atoms with E-state index in [1.807, 2.05) is 19.2 Å². The maximum atomic E-state index is 5.97. The van der Waals surface area contributed by atoms with E-state index in [2.05, 4.69) is 58.5 Å². The first-order chi connectivity index (χ1) is 9.70. The third-order valence-corrected chi connectivity index (χ3v) is 3.79. The molecule has 0 unspecified atom stereocenters. The van der Waals surface area contributed by atoms with Gasteiger partial charge in [-0.2, -0.15) is 0 Å². The van der Waals surface area contributed by atoms with Gasteiger partial charge in [-0.05, 0) is 55.8 Å². The summed E-state index contributed by atoms with van der Waals surface area (Å²) in [6.07, 6.45) is 1.02. The zero-order chi connectivity index (χ0) is 14.4. The third-order valence-electron chi connectivity index (χ3n) is 3.30. The number of hydrogen-bond acceptors (Lipinski definition) is 2. The van der Waals surface area contributed by atoms with Crippen LogP contribution in [0.25, 0.3) is 0 Å². The maximum Gasteiger partial charge on any atom is 0.123 e. The standard InChI is InChI=1S/C17H20BrNO/c1-13-7-8-16(18)11-17(13)20-12-15-6-4-3-5-14(15)9-10-19-2/h3-8,11,19H,9-10,12H2,1-2H3. The van der Waals surface area contributed by atoms with Crippen molar-refractivity contribution >= 4 is 15.9 Å². The number of ether oxygens (including phenoxy) is 1. The van der Waals surface area contributed by atoms with Crippen LogP contribution in [-0.2, 0) is 13.0 Å². The summed E-state index contributed by atoms with van der Waals surface area (Å²) < 4.78 is 7.02. The van der Waals surface area contributed by atoms with Crippen LogP contribution >= 0.6 is 15.9 Å². The van der Waals surface area contributed by atoms with E-state index in [1.54, 1.807) is 0 Å². The van der Waals surface area contributed by atoms with Crippen molar-refractivity contribution in [3.63, 3.8) is 0 Å². The molecule has 0 aliphatic heterocycles. The van der Waals surface area contributed by atoms with Gasteiger partial charge in [0, 0.05) is 4.47 Å². The fraction of sp³-hybridized carbons (Fsp3) is 0.294. The van der Waals surface area contributed by atoms with Gasteiger partial charge in [0.05, 0.1) is 0 Å². The fourth-order valence-electron chi connectivity index (χ4n) is 2.09. The average Bonchev–Trinajstić information content (AvgIpc) is 2.47. The van der Waals surface area contributed by atoms with Crippen molar-refractivity contribution in [3.8, 4) is 5.75 Å². The summed E-state index contributed by atoms with van der Waals surface area (Å²) in [4.78, 5) is 0. The minimum absolute atomic E-state index is 0.608. The van der Waals surface area contributed by atoms with Crippen LogP contribution in [0.2, 0.25) is 0 Å². The number of likely N-dealkylation sites (N-methyl/N-ethyl adjacent to an activating group) is 1. The predicted molar refractivity (Wildman–Crippen MR) is 87.3 cm³/mol. The van der Waals surface area contributed by atoms with Crippen LogP contribution in [0.15, 0.2) is 46.9 Å². The van der Waals surface area contributed by atoms with Crippen molar-refractivity contribution in [2.24, 2.45) is 0 Å². The molecule has 3 heteroatoms. The highest BCUT2D eigenvalue weighted by Crippen LogP contribution is 2.24. The summed E-state index contributed by atoms with van der Waals surface area (Å²) in [5.41, 5.74) is 3.75. The third kappa shape index (κ3) is 4.09. The Morgan fingerprint density at radius 1 is 1.10 bits per heavy atom. The molecule has 0 spiro atoms. The quantitative estimate of drug-likeness (QED) is 0.859. The molecule has 0 aliphatic rings. The van der Waals surface area contributed by atoms with Crippen LogP contribution in [0.1, 0.15) is 16.7 Å². The zero-order valence-corrected chi connectivity index (χ0v) is 13.5. The first-order valence-corrected chi connectivity index (χ1v) is 7.60. The van der Waals surface area contributed by atoms with Gasteiger partial charge in [-0.3, -0.25) is 0 Å². The second kappa shape index (κ2) is 7.46. The summed E-state index contributed by atoms with van der Waals surface area (Å²) in [6, 6.07) is 14.6. The molecule has 0 saturated heterocycles. The highest BCUT2D eigenvalue weighted by molar-refractivity contribution is 9.10. The minimum atomic E-state index is 0.608. The summed E-state index contributed by atoms with van der Waals surface area (Å²) in [5, 5.41) is 3.19. The fourth-order valence-corrected chi connectivity index (χ4v) is 2.43. The Morgan fingerprint density at radius 3 is 2.60 bits per heavy atom. The van der Waals surface area contributed by atoms with Crippen LogP contribution in [0.5, 0.6) is 5.75 Å². The second-order valence-electron chi connectivity index (χ2n) is 4.82. The van der Waals surface area contributed by atoms with Gasteiger partial charge in [-0.15, -0.1) is 0 Å². The van der Waals surface area contributed by atoms with Gasteiger partial charge < -0.3 is 10.1 Å². The molecular formula is C17H20BrNO. The summed E-state index contributed by atoms with van der Waals surface area (Å²) in [7, 11) is 1.98. The largest absolute Gasteiger partial charge is 0.489 e. The lowest BCUT2D eigenvalue weighted by atomic mass is 10.1. The van der Waals surface area contributed by atoms with Crippen molar-refractivity contribution in [1.82, 2.24) is 5.32 Å². The van der Waals surface area contributed by atoms with Gasteiger partial charge in [0.1, 0.15) is 12.4 Å². The van der Waals surface area contributed by atoms with E-state index in [4.69, 9.17) is 4.74 Å². The zero-order valence-electron chi connectivity index (χ0n) is 11.9.